The van der Waals surface area contributed by atoms with Gasteiger partial charge in [-0.1, -0.05) is 86.1 Å². The number of hydrogen-bond donors (Lipinski definition) is 1. The lowest BCUT2D eigenvalue weighted by Crippen LogP contribution is -2.65. The van der Waals surface area contributed by atoms with Crippen LogP contribution in [0.15, 0.2) is 23.8 Å². The van der Waals surface area contributed by atoms with E-state index in [1.807, 2.05) is 0 Å². The number of hydrogen-bond acceptors (Lipinski definition) is 3. The van der Waals surface area contributed by atoms with Crippen LogP contribution in [0.5, 0.6) is 0 Å². The highest BCUT2D eigenvalue weighted by Gasteiger charge is 2.67. The highest BCUT2D eigenvalue weighted by Crippen LogP contribution is 2.74. The highest BCUT2D eigenvalue weighted by molar-refractivity contribution is 5.36. The fourth-order valence-electron chi connectivity index (χ4n) is 11.1. The normalized spacial score (nSPS) is 46.7. The van der Waals surface area contributed by atoms with Crippen LogP contribution in [0, 0.1) is 56.7 Å². The standard InChI is InChI=1S/C38H65NO2/c1-12-32(41-24-35(10,39)26(4)5)33(8)23-40-28(7)36(11)30-16-19-38-18-13-17-37(22-38,27(6)25(2)3)21-20-34(38,9)29(30)14-15-31(33)36/h13,16,18,25-29,31-32H,12,14-15,17,19-24,39H2,1-11H3/t27-,28?,29?,31+,32?,33+,34?,35+,36?,37+,38+/m1/s1. The molecule has 0 aromatic rings. The zero-order valence-corrected chi connectivity index (χ0v) is 28.7. The second-order valence-electron chi connectivity index (χ2n) is 17.4. The summed E-state index contributed by atoms with van der Waals surface area (Å²) in [6.45, 7) is 27.8. The Hall–Kier alpha value is -0.640. The molecule has 3 heteroatoms. The van der Waals surface area contributed by atoms with E-state index in [0.29, 0.717) is 40.6 Å². The number of ether oxygens (including phenoxy) is 2. The van der Waals surface area contributed by atoms with Crippen molar-refractivity contribution in [2.75, 3.05) is 13.2 Å². The third-order valence-corrected chi connectivity index (χ3v) is 15.1. The molecule has 1 heterocycles. The van der Waals surface area contributed by atoms with Gasteiger partial charge in [0.1, 0.15) is 0 Å². The first-order valence-corrected chi connectivity index (χ1v) is 17.4. The fraction of sp³-hybridized carbons (Fsp3) is 0.895. The summed E-state index contributed by atoms with van der Waals surface area (Å²) in [5.41, 5.74) is 9.25. The Morgan fingerprint density at radius 3 is 2.41 bits per heavy atom. The molecule has 2 N–H and O–H groups in total. The Kier molecular flexibility index (Phi) is 8.12. The minimum Gasteiger partial charge on any atom is -0.377 e. The molecular formula is C38H65NO2. The van der Waals surface area contributed by atoms with Gasteiger partial charge in [0.05, 0.1) is 25.4 Å². The van der Waals surface area contributed by atoms with Gasteiger partial charge in [-0.05, 0) is 111 Å². The second-order valence-corrected chi connectivity index (χ2v) is 17.4. The van der Waals surface area contributed by atoms with Gasteiger partial charge >= 0.3 is 0 Å². The van der Waals surface area contributed by atoms with Crippen LogP contribution in [0.25, 0.3) is 0 Å². The van der Waals surface area contributed by atoms with Gasteiger partial charge in [-0.15, -0.1) is 0 Å². The molecule has 0 aromatic heterocycles. The molecule has 1 aliphatic heterocycles. The second kappa shape index (κ2) is 10.5. The van der Waals surface area contributed by atoms with Crippen molar-refractivity contribution in [1.82, 2.24) is 0 Å². The number of fused-ring (bicyclic) bond motifs is 5. The van der Waals surface area contributed by atoms with E-state index in [1.165, 1.54) is 44.9 Å². The Balaban J connectivity index is 1.49. The third kappa shape index (κ3) is 4.51. The van der Waals surface area contributed by atoms with Crippen LogP contribution < -0.4 is 5.73 Å². The van der Waals surface area contributed by atoms with Crippen molar-refractivity contribution < 1.29 is 9.47 Å². The van der Waals surface area contributed by atoms with E-state index in [2.05, 4.69) is 94.4 Å². The zero-order valence-electron chi connectivity index (χ0n) is 28.7. The molecule has 5 rings (SSSR count). The van der Waals surface area contributed by atoms with E-state index in [-0.39, 0.29) is 28.6 Å². The van der Waals surface area contributed by atoms with Crippen LogP contribution in [0.1, 0.15) is 128 Å². The summed E-state index contributed by atoms with van der Waals surface area (Å²) >= 11 is 0. The maximum atomic E-state index is 6.83. The molecule has 41 heavy (non-hydrogen) atoms. The van der Waals surface area contributed by atoms with Crippen molar-refractivity contribution in [1.29, 1.82) is 0 Å². The molecule has 3 nitrogen and oxygen atoms in total. The monoisotopic (exact) mass is 568 g/mol. The molecule has 0 amide bonds. The largest absolute Gasteiger partial charge is 0.377 e. The van der Waals surface area contributed by atoms with E-state index >= 15 is 0 Å². The lowest BCUT2D eigenvalue weighted by atomic mass is 9.36. The number of rotatable bonds is 8. The maximum Gasteiger partial charge on any atom is 0.0652 e. The van der Waals surface area contributed by atoms with Gasteiger partial charge in [0, 0.05) is 16.4 Å². The van der Waals surface area contributed by atoms with Crippen molar-refractivity contribution >= 4 is 0 Å². The summed E-state index contributed by atoms with van der Waals surface area (Å²) in [5, 5.41) is 0. The lowest BCUT2D eigenvalue weighted by molar-refractivity contribution is -0.225. The summed E-state index contributed by atoms with van der Waals surface area (Å²) in [6, 6.07) is 0. The van der Waals surface area contributed by atoms with Crippen molar-refractivity contribution in [3.63, 3.8) is 0 Å². The molecular weight excluding hydrogens is 502 g/mol. The van der Waals surface area contributed by atoms with Gasteiger partial charge in [0.25, 0.3) is 0 Å². The first-order valence-electron chi connectivity index (χ1n) is 17.4. The van der Waals surface area contributed by atoms with E-state index in [0.717, 1.165) is 24.9 Å². The average Bonchev–Trinajstić information content (AvgIpc) is 2.91. The number of allylic oxidation sites excluding steroid dienone is 3. The van der Waals surface area contributed by atoms with Gasteiger partial charge in [-0.3, -0.25) is 0 Å². The summed E-state index contributed by atoms with van der Waals surface area (Å²) < 4.78 is 13.6. The van der Waals surface area contributed by atoms with Crippen LogP contribution >= 0.6 is 0 Å². The molecule has 1 saturated heterocycles. The highest BCUT2D eigenvalue weighted by atomic mass is 16.5. The van der Waals surface area contributed by atoms with Gasteiger partial charge in [0.2, 0.25) is 0 Å². The molecule has 1 spiro atoms. The average molecular weight is 568 g/mol. The van der Waals surface area contributed by atoms with E-state index in [9.17, 15) is 0 Å². The van der Waals surface area contributed by atoms with E-state index in [1.54, 1.807) is 5.57 Å². The van der Waals surface area contributed by atoms with Crippen molar-refractivity contribution in [2.45, 2.75) is 145 Å². The van der Waals surface area contributed by atoms with Gasteiger partial charge in [-0.2, -0.15) is 0 Å². The van der Waals surface area contributed by atoms with Gasteiger partial charge in [-0.25, -0.2) is 0 Å². The molecule has 2 bridgehead atoms. The minimum absolute atomic E-state index is 0.0237. The Morgan fingerprint density at radius 2 is 1.78 bits per heavy atom. The predicted molar refractivity (Wildman–Crippen MR) is 173 cm³/mol. The van der Waals surface area contributed by atoms with Crippen LogP contribution in [-0.4, -0.2) is 31.0 Å². The zero-order chi connectivity index (χ0) is 30.2. The van der Waals surface area contributed by atoms with Crippen molar-refractivity contribution in [2.24, 2.45) is 62.4 Å². The van der Waals surface area contributed by atoms with Crippen LogP contribution in [-0.2, 0) is 9.47 Å². The third-order valence-electron chi connectivity index (χ3n) is 15.1. The van der Waals surface area contributed by atoms with Crippen LogP contribution in [0.4, 0.5) is 0 Å². The molecule has 5 aliphatic rings. The van der Waals surface area contributed by atoms with E-state index in [4.69, 9.17) is 15.2 Å². The smallest absolute Gasteiger partial charge is 0.0652 e. The lowest BCUT2D eigenvalue weighted by Gasteiger charge is -2.69. The molecule has 0 aromatic carbocycles. The molecule has 234 valence electrons. The number of nitrogens with two attached hydrogens (primary N) is 1. The van der Waals surface area contributed by atoms with Crippen LogP contribution in [0.3, 0.4) is 0 Å². The molecule has 0 radical (unpaired) electrons. The predicted octanol–water partition coefficient (Wildman–Crippen LogP) is 9.36. The summed E-state index contributed by atoms with van der Waals surface area (Å²) in [7, 11) is 0. The molecule has 11 atom stereocenters. The molecule has 3 fully saturated rings. The quantitative estimate of drug-likeness (QED) is 0.297. The molecule has 4 aliphatic carbocycles. The Labute approximate surface area is 253 Å². The van der Waals surface area contributed by atoms with Crippen molar-refractivity contribution in [3.8, 4) is 0 Å². The Bertz CT molecular complexity index is 1040. The first-order chi connectivity index (χ1) is 19.0. The molecule has 2 saturated carbocycles. The SMILES string of the molecule is CCC(OC[C@](C)(N)C(C)C)[C@@]1(C)COC(C)C2(C)C3=CC[C@]45C=CC[C@]([C@H](C)C(C)C)(CCC4(C)C3CC[C@H]21)C5. The van der Waals surface area contributed by atoms with Gasteiger partial charge < -0.3 is 15.2 Å². The van der Waals surface area contributed by atoms with Gasteiger partial charge in [0.15, 0.2) is 0 Å². The van der Waals surface area contributed by atoms with Crippen molar-refractivity contribution in [3.05, 3.63) is 23.8 Å². The summed E-state index contributed by atoms with van der Waals surface area (Å²) in [5.74, 6) is 3.10. The fourth-order valence-corrected chi connectivity index (χ4v) is 11.1. The first kappa shape index (κ1) is 31.8. The maximum absolute atomic E-state index is 6.83. The minimum atomic E-state index is -0.320. The van der Waals surface area contributed by atoms with E-state index < -0.39 is 0 Å². The van der Waals surface area contributed by atoms with Crippen LogP contribution in [0.2, 0.25) is 0 Å². The topological polar surface area (TPSA) is 44.5 Å². The summed E-state index contributed by atoms with van der Waals surface area (Å²) in [6.07, 6.45) is 18.7. The summed E-state index contributed by atoms with van der Waals surface area (Å²) in [4.78, 5) is 0. The molecule has 5 unspecified atom stereocenters. The Morgan fingerprint density at radius 1 is 1.07 bits per heavy atom.